The number of nitrogens with one attached hydrogen (secondary N) is 1. The maximum Gasteiger partial charge on any atom is 0.256 e. The first-order valence-corrected chi connectivity index (χ1v) is 13.8. The molecule has 1 amide bonds. The Morgan fingerprint density at radius 3 is 2.76 bits per heavy atom. The molecular weight excluding hydrogens is 459 g/mol. The lowest BCUT2D eigenvalue weighted by atomic mass is 10.2. The summed E-state index contributed by atoms with van der Waals surface area (Å²) >= 11 is 1.92. The summed E-state index contributed by atoms with van der Waals surface area (Å²) in [5.74, 6) is 0.145. The van der Waals surface area contributed by atoms with Crippen LogP contribution in [0.1, 0.15) is 43.8 Å². The zero-order valence-electron chi connectivity index (χ0n) is 18.8. The molecule has 0 saturated carbocycles. The van der Waals surface area contributed by atoms with Gasteiger partial charge in [0.1, 0.15) is 12.6 Å². The van der Waals surface area contributed by atoms with Gasteiger partial charge in [0.25, 0.3) is 5.91 Å². The van der Waals surface area contributed by atoms with Crippen LogP contribution in [0.25, 0.3) is 11.2 Å². The number of morpholine rings is 1. The molecule has 2 aromatic heterocycles. The van der Waals surface area contributed by atoms with E-state index >= 15 is 0 Å². The van der Waals surface area contributed by atoms with Crippen LogP contribution in [0.15, 0.2) is 43.0 Å². The van der Waals surface area contributed by atoms with Gasteiger partial charge in [0.2, 0.25) is 0 Å². The Morgan fingerprint density at radius 2 is 2.03 bits per heavy atom. The Bertz CT molecular complexity index is 1120. The molecule has 5 atom stereocenters. The lowest BCUT2D eigenvalue weighted by Crippen LogP contribution is -2.42. The van der Waals surface area contributed by atoms with Crippen molar-refractivity contribution in [2.45, 2.75) is 50.9 Å². The van der Waals surface area contributed by atoms with Gasteiger partial charge in [-0.15, -0.1) is 0 Å². The molecule has 11 heteroatoms. The highest BCUT2D eigenvalue weighted by Crippen LogP contribution is 2.63. The van der Waals surface area contributed by atoms with Crippen molar-refractivity contribution in [3.05, 3.63) is 48.5 Å². The highest BCUT2D eigenvalue weighted by molar-refractivity contribution is 8.54. The summed E-state index contributed by atoms with van der Waals surface area (Å²) in [6.45, 7) is 8.04. The van der Waals surface area contributed by atoms with Crippen molar-refractivity contribution >= 4 is 41.8 Å². The molecule has 0 bridgehead atoms. The Kier molecular flexibility index (Phi) is 6.62. The summed E-state index contributed by atoms with van der Waals surface area (Å²) in [5, 5.41) is 3.34. The number of anilines is 1. The van der Waals surface area contributed by atoms with Crippen LogP contribution in [0, 0.1) is 0 Å². The average Bonchev–Trinajstić information content (AvgIpc) is 3.43. The van der Waals surface area contributed by atoms with Gasteiger partial charge in [-0.1, -0.05) is 43.4 Å². The largest absolute Gasteiger partial charge is 0.352 e. The Hall–Kier alpha value is -2.10. The Balaban J connectivity index is 1.40. The summed E-state index contributed by atoms with van der Waals surface area (Å²) in [7, 11) is -0.717. The number of benzene rings is 1. The predicted octanol–water partition coefficient (Wildman–Crippen LogP) is 4.46. The first kappa shape index (κ1) is 22.7. The molecule has 4 heterocycles. The number of nitrogens with zero attached hydrogens (tertiary/aromatic N) is 5. The number of carbonyl (C=O) groups is 1. The topological polar surface area (TPSA) is 94.4 Å². The minimum absolute atomic E-state index is 0.0956. The second-order valence-corrected chi connectivity index (χ2v) is 12.0. The van der Waals surface area contributed by atoms with Crippen molar-refractivity contribution in [2.75, 3.05) is 18.4 Å². The highest BCUT2D eigenvalue weighted by Gasteiger charge is 2.40. The summed E-state index contributed by atoms with van der Waals surface area (Å²) in [6.07, 6.45) is 4.17. The fraction of sp³-hybridized carbons (Fsp3) is 0.455. The number of amides is 1. The molecule has 174 valence electrons. The third kappa shape index (κ3) is 4.63. The lowest BCUT2D eigenvalue weighted by Gasteiger charge is -2.39. The smallest absolute Gasteiger partial charge is 0.256 e. The number of ether oxygens (including phenoxy) is 1. The fourth-order valence-corrected chi connectivity index (χ4v) is 8.54. The average molecular weight is 487 g/mol. The molecule has 1 N–H and O–H groups in total. The van der Waals surface area contributed by atoms with E-state index in [1.807, 2.05) is 34.1 Å². The number of hydrogen-bond donors (Lipinski definition) is 1. The van der Waals surface area contributed by atoms with Gasteiger partial charge in [0, 0.05) is 17.4 Å². The molecule has 1 aromatic carbocycles. The number of imidazole rings is 1. The molecule has 33 heavy (non-hydrogen) atoms. The van der Waals surface area contributed by atoms with Gasteiger partial charge in [0.05, 0.1) is 25.1 Å². The number of rotatable bonds is 5. The first-order chi connectivity index (χ1) is 16.0. The van der Waals surface area contributed by atoms with E-state index in [1.165, 1.54) is 6.33 Å². The summed E-state index contributed by atoms with van der Waals surface area (Å²) in [4.78, 5) is 25.9. The molecule has 2 aliphatic rings. The van der Waals surface area contributed by atoms with Crippen molar-refractivity contribution < 1.29 is 14.1 Å². The van der Waals surface area contributed by atoms with Crippen LogP contribution < -0.4 is 5.32 Å². The zero-order chi connectivity index (χ0) is 22.9. The molecule has 0 radical (unpaired) electrons. The van der Waals surface area contributed by atoms with Gasteiger partial charge in [-0.2, -0.15) is 0 Å². The van der Waals surface area contributed by atoms with E-state index in [9.17, 15) is 4.79 Å². The molecule has 5 rings (SSSR count). The standard InChI is InChI=1S/C22H27N6O3PS/c1-4-17-10-27(32-31-14(2)15(3)33-32)11-18(30-17)28-13-25-19-20(23-12-24-21(19)28)26-22(29)16-8-6-5-7-9-16/h5-9,12-15,17-18H,4,10-11H2,1-3H3,(H,23,24,26,29)/t14?,15?,17-,18-,32?/m1/s1. The zero-order valence-corrected chi connectivity index (χ0v) is 20.5. The monoisotopic (exact) mass is 486 g/mol. The van der Waals surface area contributed by atoms with Crippen molar-refractivity contribution in [1.82, 2.24) is 24.2 Å². The summed E-state index contributed by atoms with van der Waals surface area (Å²) in [5.41, 5.74) is 1.72. The van der Waals surface area contributed by atoms with Crippen molar-refractivity contribution in [2.24, 2.45) is 0 Å². The number of hydrogen-bond acceptors (Lipinski definition) is 8. The third-order valence-electron chi connectivity index (χ3n) is 5.93. The predicted molar refractivity (Wildman–Crippen MR) is 130 cm³/mol. The maximum atomic E-state index is 12.6. The van der Waals surface area contributed by atoms with E-state index in [2.05, 4.69) is 45.7 Å². The normalized spacial score (nSPS) is 28.3. The maximum absolute atomic E-state index is 12.6. The third-order valence-corrected chi connectivity index (χ3v) is 10.6. The lowest BCUT2D eigenvalue weighted by molar-refractivity contribution is -0.100. The molecule has 9 nitrogen and oxygen atoms in total. The van der Waals surface area contributed by atoms with E-state index in [4.69, 9.17) is 9.26 Å². The van der Waals surface area contributed by atoms with E-state index < -0.39 is 7.50 Å². The van der Waals surface area contributed by atoms with E-state index in [0.717, 1.165) is 13.0 Å². The van der Waals surface area contributed by atoms with E-state index in [1.54, 1.807) is 18.5 Å². The van der Waals surface area contributed by atoms with Crippen molar-refractivity contribution in [3.63, 3.8) is 0 Å². The van der Waals surface area contributed by atoms with Crippen LogP contribution in [0.4, 0.5) is 5.82 Å². The highest BCUT2D eigenvalue weighted by atomic mass is 32.7. The SMILES string of the molecule is CC[C@@H]1CN(P2OC(C)C(C)S2)C[C@H](n2cnc3c(NC(=O)c4ccccc4)ncnc32)O1. The second kappa shape index (κ2) is 9.64. The second-order valence-electron chi connectivity index (χ2n) is 8.22. The van der Waals surface area contributed by atoms with Gasteiger partial charge >= 0.3 is 0 Å². The Labute approximate surface area is 197 Å². The van der Waals surface area contributed by atoms with Crippen LogP contribution in [0.3, 0.4) is 0 Å². The summed E-state index contributed by atoms with van der Waals surface area (Å²) in [6, 6.07) is 9.04. The van der Waals surface area contributed by atoms with Crippen LogP contribution in [0.2, 0.25) is 0 Å². The van der Waals surface area contributed by atoms with Gasteiger partial charge in [-0.25, -0.2) is 19.6 Å². The van der Waals surface area contributed by atoms with Crippen molar-refractivity contribution in [3.8, 4) is 0 Å². The Morgan fingerprint density at radius 1 is 1.21 bits per heavy atom. The molecule has 3 aromatic rings. The quantitative estimate of drug-likeness (QED) is 0.529. The number of fused-ring (bicyclic) bond motifs is 1. The van der Waals surface area contributed by atoms with Crippen LogP contribution >= 0.6 is 18.9 Å². The van der Waals surface area contributed by atoms with Gasteiger partial charge < -0.3 is 14.6 Å². The van der Waals surface area contributed by atoms with Crippen LogP contribution in [0.5, 0.6) is 0 Å². The molecule has 3 unspecified atom stereocenters. The minimum Gasteiger partial charge on any atom is -0.352 e. The molecule has 2 saturated heterocycles. The van der Waals surface area contributed by atoms with Gasteiger partial charge in [-0.3, -0.25) is 9.36 Å². The molecular formula is C22H27N6O3PS. The molecule has 0 aliphatic carbocycles. The number of carbonyl (C=O) groups excluding carboxylic acids is 1. The molecule has 2 aliphatic heterocycles. The first-order valence-electron chi connectivity index (χ1n) is 11.1. The molecule has 0 spiro atoms. The molecule has 2 fully saturated rings. The van der Waals surface area contributed by atoms with Gasteiger partial charge in [0.15, 0.2) is 24.5 Å². The fourth-order valence-electron chi connectivity index (χ4n) is 3.85. The van der Waals surface area contributed by atoms with Crippen molar-refractivity contribution in [1.29, 1.82) is 0 Å². The van der Waals surface area contributed by atoms with Crippen LogP contribution in [-0.2, 0) is 9.26 Å². The van der Waals surface area contributed by atoms with Gasteiger partial charge in [-0.05, 0) is 25.5 Å². The van der Waals surface area contributed by atoms with E-state index in [-0.39, 0.29) is 24.3 Å². The van der Waals surface area contributed by atoms with E-state index in [0.29, 0.717) is 34.3 Å². The number of aromatic nitrogens is 4. The summed E-state index contributed by atoms with van der Waals surface area (Å²) < 4.78 is 17.0. The minimum atomic E-state index is -0.717. The van der Waals surface area contributed by atoms with Crippen LogP contribution in [-0.4, -0.2) is 60.6 Å².